The second-order valence-corrected chi connectivity index (χ2v) is 6.64. The summed E-state index contributed by atoms with van der Waals surface area (Å²) in [6.07, 6.45) is -3.39. The summed E-state index contributed by atoms with van der Waals surface area (Å²) in [5.41, 5.74) is 5.38. The number of nitrogens with one attached hydrogen (secondary N) is 2. The Hall–Kier alpha value is -2.74. The maximum absolute atomic E-state index is 12.6. The largest absolute Gasteiger partial charge is 0.387 e. The molecule has 0 aliphatic heterocycles. The number of aliphatic hydroxyl groups is 1. The van der Waals surface area contributed by atoms with Gasteiger partial charge in [-0.05, 0) is 36.2 Å². The highest BCUT2D eigenvalue weighted by Crippen LogP contribution is 2.14. The van der Waals surface area contributed by atoms with E-state index in [4.69, 9.17) is 15.3 Å². The van der Waals surface area contributed by atoms with Crippen molar-refractivity contribution in [1.29, 1.82) is 0 Å². The molecule has 7 heteroatoms. The fraction of sp³-hybridized carbons (Fsp3) is 0.238. The lowest BCUT2D eigenvalue weighted by molar-refractivity contribution is -0.115. The monoisotopic (exact) mass is 403 g/mol. The summed E-state index contributed by atoms with van der Waals surface area (Å²) in [6.45, 7) is 0.501. The number of amides is 1. The van der Waals surface area contributed by atoms with Gasteiger partial charge in [-0.2, -0.15) is 0 Å². The third-order valence-corrected chi connectivity index (χ3v) is 4.29. The number of nitrogen functional groups attached to an aromatic ring is 1. The highest BCUT2D eigenvalue weighted by atomic mass is 32.1. The fourth-order valence-electron chi connectivity index (χ4n) is 2.33. The number of anilines is 2. The van der Waals surface area contributed by atoms with Crippen LogP contribution in [0.4, 0.5) is 10.8 Å². The van der Waals surface area contributed by atoms with Crippen LogP contribution >= 0.6 is 11.3 Å². The molecule has 0 spiro atoms. The van der Waals surface area contributed by atoms with Gasteiger partial charge in [-0.15, -0.1) is 11.3 Å². The van der Waals surface area contributed by atoms with Crippen LogP contribution in [-0.2, 0) is 17.6 Å². The van der Waals surface area contributed by atoms with Gasteiger partial charge in [0.15, 0.2) is 5.13 Å². The molecule has 28 heavy (non-hydrogen) atoms. The van der Waals surface area contributed by atoms with Gasteiger partial charge in [0.25, 0.3) is 0 Å². The summed E-state index contributed by atoms with van der Waals surface area (Å²) in [5, 5.41) is 14.9. The molecule has 0 saturated heterocycles. The number of nitrogens with two attached hydrogens (primary N) is 1. The van der Waals surface area contributed by atoms with Crippen LogP contribution in [0.5, 0.6) is 0 Å². The van der Waals surface area contributed by atoms with Gasteiger partial charge in [0.2, 0.25) is 5.91 Å². The molecule has 5 N–H and O–H groups in total. The number of aromatic nitrogens is 1. The molecule has 1 amide bonds. The van der Waals surface area contributed by atoms with Crippen LogP contribution in [0.2, 0.25) is 0 Å². The lowest BCUT2D eigenvalue weighted by Crippen LogP contribution is -2.23. The number of nitrogens with zero attached hydrogens (tertiary/aromatic N) is 1. The molecular formula is C21H24N4O2S. The molecule has 0 radical (unpaired) electrons. The first-order valence-corrected chi connectivity index (χ1v) is 9.34. The van der Waals surface area contributed by atoms with E-state index in [1.54, 1.807) is 12.1 Å². The maximum atomic E-state index is 12.6. The smallest absolute Gasteiger partial charge is 0.230 e. The van der Waals surface area contributed by atoms with Crippen LogP contribution in [0, 0.1) is 0 Å². The van der Waals surface area contributed by atoms with Crippen molar-refractivity contribution >= 4 is 28.1 Å². The quantitative estimate of drug-likeness (QED) is 0.412. The molecular weight excluding hydrogens is 372 g/mol. The van der Waals surface area contributed by atoms with Gasteiger partial charge in [0.05, 0.1) is 25.0 Å². The number of carbonyl (C=O) groups excluding carboxylic acids is 1. The van der Waals surface area contributed by atoms with Crippen molar-refractivity contribution in [3.63, 3.8) is 0 Å². The predicted molar refractivity (Wildman–Crippen MR) is 113 cm³/mol. The molecule has 146 valence electrons. The van der Waals surface area contributed by atoms with Crippen molar-refractivity contribution in [2.45, 2.75) is 18.9 Å². The molecule has 0 unspecified atom stereocenters. The number of rotatable bonds is 9. The average molecular weight is 404 g/mol. The van der Waals surface area contributed by atoms with Crippen molar-refractivity contribution < 1.29 is 19.5 Å². The highest BCUT2D eigenvalue weighted by Gasteiger charge is 2.08. The van der Waals surface area contributed by atoms with Crippen molar-refractivity contribution in [2.75, 3.05) is 24.1 Å². The molecule has 1 aromatic heterocycles. The van der Waals surface area contributed by atoms with Crippen molar-refractivity contribution in [3.05, 3.63) is 76.7 Å². The lowest BCUT2D eigenvalue weighted by Gasteiger charge is -2.12. The van der Waals surface area contributed by atoms with Gasteiger partial charge in [-0.1, -0.05) is 42.4 Å². The van der Waals surface area contributed by atoms with Crippen LogP contribution in [0.25, 0.3) is 0 Å². The summed E-state index contributed by atoms with van der Waals surface area (Å²) >= 11 is 0.700. The maximum Gasteiger partial charge on any atom is 0.230 e. The Morgan fingerprint density at radius 1 is 1.29 bits per heavy atom. The molecule has 6 nitrogen and oxygen atoms in total. The van der Waals surface area contributed by atoms with Crippen LogP contribution in [-0.4, -0.2) is 29.1 Å². The fourth-order valence-corrected chi connectivity index (χ4v) is 2.77. The summed E-state index contributed by atoms with van der Waals surface area (Å²) < 4.78 is 56.8. The van der Waals surface area contributed by atoms with E-state index in [9.17, 15) is 9.90 Å². The number of hydrogen-bond donors (Lipinski definition) is 4. The van der Waals surface area contributed by atoms with E-state index in [1.165, 1.54) is 0 Å². The number of benzene rings is 2. The van der Waals surface area contributed by atoms with Crippen LogP contribution in [0.1, 0.15) is 32.5 Å². The SMILES string of the molecule is [2H]c1sc(N)nc1C([2H])([2H])C(=O)Nc1c([2H])c([2H])c(CCNC[C@@H](O)c2ccccc2)c([2H])c1[2H]. The number of carbonyl (C=O) groups is 1. The summed E-state index contributed by atoms with van der Waals surface area (Å²) in [5.74, 6) is -1.29. The molecule has 0 fully saturated rings. The molecule has 0 aliphatic rings. The van der Waals surface area contributed by atoms with Gasteiger partial charge in [0.1, 0.15) is 0 Å². The van der Waals surface area contributed by atoms with E-state index in [0.29, 0.717) is 11.3 Å². The van der Waals surface area contributed by atoms with E-state index in [-0.39, 0.29) is 47.6 Å². The first-order valence-electron chi connectivity index (χ1n) is 12.0. The van der Waals surface area contributed by atoms with E-state index >= 15 is 0 Å². The van der Waals surface area contributed by atoms with Crippen molar-refractivity contribution in [1.82, 2.24) is 10.3 Å². The molecule has 0 aliphatic carbocycles. The van der Waals surface area contributed by atoms with Gasteiger partial charge in [-0.3, -0.25) is 4.79 Å². The van der Waals surface area contributed by atoms with Gasteiger partial charge in [0, 0.05) is 20.3 Å². The molecule has 1 heterocycles. The first-order chi connectivity index (χ1) is 16.4. The van der Waals surface area contributed by atoms with Gasteiger partial charge >= 0.3 is 0 Å². The minimum absolute atomic E-state index is 0.0832. The normalized spacial score (nSPS) is 16.0. The average Bonchev–Trinajstić information content (AvgIpc) is 3.18. The highest BCUT2D eigenvalue weighted by molar-refractivity contribution is 7.13. The molecule has 3 aromatic rings. The van der Waals surface area contributed by atoms with Crippen LogP contribution in [0.15, 0.2) is 59.9 Å². The predicted octanol–water partition coefficient (Wildman–Crippen LogP) is 2.77. The second kappa shape index (κ2) is 9.98. The Morgan fingerprint density at radius 2 is 2.04 bits per heavy atom. The Kier molecular flexibility index (Phi) is 4.52. The molecule has 0 saturated carbocycles. The van der Waals surface area contributed by atoms with E-state index in [1.807, 2.05) is 18.2 Å². The number of thiazole rings is 1. The Balaban J connectivity index is 1.72. The van der Waals surface area contributed by atoms with Gasteiger partial charge < -0.3 is 21.5 Å². The minimum atomic E-state index is -2.78. The molecule has 2 aromatic carbocycles. The molecule has 0 bridgehead atoms. The summed E-state index contributed by atoms with van der Waals surface area (Å²) in [7, 11) is 0. The van der Waals surface area contributed by atoms with Crippen LogP contribution < -0.4 is 16.4 Å². The lowest BCUT2D eigenvalue weighted by atomic mass is 10.1. The molecule has 1 atom stereocenters. The van der Waals surface area contributed by atoms with Crippen molar-refractivity contribution in [3.8, 4) is 0 Å². The Labute approximate surface area is 178 Å². The van der Waals surface area contributed by atoms with E-state index in [0.717, 1.165) is 5.56 Å². The van der Waals surface area contributed by atoms with E-state index in [2.05, 4.69) is 15.6 Å². The van der Waals surface area contributed by atoms with Crippen molar-refractivity contribution in [2.24, 2.45) is 0 Å². The topological polar surface area (TPSA) is 100 Å². The zero-order chi connectivity index (χ0) is 25.9. The van der Waals surface area contributed by atoms with E-state index < -0.39 is 41.9 Å². The Bertz CT molecular complexity index is 1200. The minimum Gasteiger partial charge on any atom is -0.387 e. The summed E-state index contributed by atoms with van der Waals surface area (Å²) in [4.78, 5) is 16.3. The standard InChI is InChI=1S/C21H24N4O2S/c22-21-25-18(14-28-21)12-20(27)24-17-8-6-15(7-9-17)10-11-23-13-19(26)16-4-2-1-3-5-16/h1-9,14,19,23,26H,10-13H2,(H2,22,25)(H,24,27)/t19-/m1/s1/i6D,7D,8D,9D,12D2,14D. The third kappa shape index (κ3) is 6.16. The third-order valence-electron chi connectivity index (χ3n) is 3.70. The summed E-state index contributed by atoms with van der Waals surface area (Å²) in [6, 6.07) is 7.25. The van der Waals surface area contributed by atoms with Crippen LogP contribution in [0.3, 0.4) is 0 Å². The Morgan fingerprint density at radius 3 is 2.71 bits per heavy atom. The second-order valence-electron chi connectivity index (χ2n) is 5.82. The van der Waals surface area contributed by atoms with Gasteiger partial charge in [-0.25, -0.2) is 4.98 Å². The molecule has 3 rings (SSSR count). The zero-order valence-electron chi connectivity index (χ0n) is 21.9. The number of hydrogen-bond acceptors (Lipinski definition) is 6. The zero-order valence-corrected chi connectivity index (χ0v) is 15.7. The number of aliphatic hydroxyl groups excluding tert-OH is 1. The first kappa shape index (κ1) is 12.7.